The average molecular weight is 232 g/mol. The van der Waals surface area contributed by atoms with Gasteiger partial charge >= 0.3 is 39.3 Å². The molecule has 0 N–H and O–H groups in total. The molecule has 0 aromatic carbocycles. The van der Waals surface area contributed by atoms with Crippen molar-refractivity contribution in [2.45, 2.75) is 0 Å². The quantitative estimate of drug-likeness (QED) is 0.441. The second-order valence-electron chi connectivity index (χ2n) is 0.0452. The average Bonchev–Trinajstić information content (AvgIpc) is 0.918. The van der Waals surface area contributed by atoms with Gasteiger partial charge in [-0.05, 0) is 0 Å². The van der Waals surface area contributed by atoms with E-state index in [1.807, 2.05) is 0 Å². The van der Waals surface area contributed by atoms with Crippen LogP contribution in [-0.4, -0.2) is 0 Å². The molecule has 0 aliphatic heterocycles. The summed E-state index contributed by atoms with van der Waals surface area (Å²) in [5, 5.41) is 0. The summed E-state index contributed by atoms with van der Waals surface area (Å²) in [6, 6.07) is 0. The molecule has 3 heteroatoms. The van der Waals surface area contributed by atoms with Crippen LogP contribution in [0.5, 0.6) is 0 Å². The zero-order chi connectivity index (χ0) is 2.71. The molecule has 2 radical (unpaired) electrons. The summed E-state index contributed by atoms with van der Waals surface area (Å²) in [6.07, 6.45) is 0. The van der Waals surface area contributed by atoms with Crippen molar-refractivity contribution in [3.63, 3.8) is 0 Å². The molecule has 0 bridgehead atoms. The first-order valence-corrected chi connectivity index (χ1v) is 5.12. The van der Waals surface area contributed by atoms with Crippen LogP contribution in [0.3, 0.4) is 0 Å². The SMILES string of the molecule is [Br][Ni+][Br].[CH-]. The predicted molar refractivity (Wildman–Crippen MR) is 22.2 cm³/mol. The Kier molecular flexibility index (Phi) is 20.0. The van der Waals surface area contributed by atoms with Gasteiger partial charge in [0.05, 0.1) is 0 Å². The Labute approximate surface area is 46.7 Å². The summed E-state index contributed by atoms with van der Waals surface area (Å²) in [7, 11) is 1.25. The van der Waals surface area contributed by atoms with E-state index in [0.29, 0.717) is 0 Å². The van der Waals surface area contributed by atoms with Crippen molar-refractivity contribution < 1.29 is 10.9 Å². The van der Waals surface area contributed by atoms with E-state index in [2.05, 4.69) is 28.5 Å². The molecule has 0 aliphatic rings. The second kappa shape index (κ2) is 8.82. The standard InChI is InChI=1S/CH.2BrH.Ni/h3*1H;/q-1;;;+3/p-2. The van der Waals surface area contributed by atoms with Crippen LogP contribution < -0.4 is 0 Å². The Morgan fingerprint density at radius 3 is 1.25 bits per heavy atom. The Morgan fingerprint density at radius 1 is 1.25 bits per heavy atom. The van der Waals surface area contributed by atoms with Gasteiger partial charge in [-0.25, -0.2) is 0 Å². The molecule has 0 aliphatic carbocycles. The van der Waals surface area contributed by atoms with Crippen LogP contribution in [0.4, 0.5) is 0 Å². The molecule has 0 spiro atoms. The maximum Gasteiger partial charge on any atom is -0.726 e. The van der Waals surface area contributed by atoms with E-state index in [9.17, 15) is 0 Å². The summed E-state index contributed by atoms with van der Waals surface area (Å²) in [5.41, 5.74) is 0. The fourth-order valence-electron chi connectivity index (χ4n) is 0. The van der Waals surface area contributed by atoms with Crippen molar-refractivity contribution in [2.75, 3.05) is 0 Å². The van der Waals surface area contributed by atoms with Crippen molar-refractivity contribution in [3.8, 4) is 0 Å². The van der Waals surface area contributed by atoms with Crippen LogP contribution in [0, 0.1) is 7.43 Å². The topological polar surface area (TPSA) is 0 Å². The molecule has 0 heterocycles. The van der Waals surface area contributed by atoms with Crippen LogP contribution >= 0.6 is 28.5 Å². The second-order valence-corrected chi connectivity index (χ2v) is 5.03. The third-order valence-corrected chi connectivity index (χ3v) is 0. The number of hydrogen-bond donors (Lipinski definition) is 0. The van der Waals surface area contributed by atoms with Crippen LogP contribution in [0.1, 0.15) is 0 Å². The Balaban J connectivity index is 0. The van der Waals surface area contributed by atoms with Crippen LogP contribution in [0.2, 0.25) is 0 Å². The maximum absolute atomic E-state index is 3.00. The van der Waals surface area contributed by atoms with Gasteiger partial charge in [0, 0.05) is 0 Å². The van der Waals surface area contributed by atoms with Gasteiger partial charge in [0.15, 0.2) is 0 Å². The number of hydrogen-bond acceptors (Lipinski definition) is 0. The molecule has 0 rings (SSSR count). The monoisotopic (exact) mass is 229 g/mol. The summed E-state index contributed by atoms with van der Waals surface area (Å²) >= 11 is 6.00. The van der Waals surface area contributed by atoms with E-state index in [-0.39, 0.29) is 7.43 Å². The third-order valence-electron chi connectivity index (χ3n) is 0. The van der Waals surface area contributed by atoms with E-state index < -0.39 is 0 Å². The summed E-state index contributed by atoms with van der Waals surface area (Å²) in [4.78, 5) is 0. The van der Waals surface area contributed by atoms with Gasteiger partial charge in [-0.1, -0.05) is 0 Å². The molecule has 0 saturated heterocycles. The van der Waals surface area contributed by atoms with Crippen molar-refractivity contribution in [1.82, 2.24) is 0 Å². The van der Waals surface area contributed by atoms with E-state index in [1.165, 1.54) is 10.9 Å². The fourth-order valence-corrected chi connectivity index (χ4v) is 0. The third kappa shape index (κ3) is 9.84. The molecule has 0 aromatic rings. The molecule has 0 unspecified atom stereocenters. The number of halogens is 2. The summed E-state index contributed by atoms with van der Waals surface area (Å²) in [5.74, 6) is 0. The van der Waals surface area contributed by atoms with Crippen molar-refractivity contribution in [2.24, 2.45) is 0 Å². The predicted octanol–water partition coefficient (Wildman–Crippen LogP) is 1.89. The van der Waals surface area contributed by atoms with Crippen LogP contribution in [-0.2, 0) is 10.9 Å². The van der Waals surface area contributed by atoms with Crippen LogP contribution in [0.15, 0.2) is 0 Å². The molecule has 0 aromatic heterocycles. The zero-order valence-corrected chi connectivity index (χ0v) is 5.81. The molecule has 0 amide bonds. The maximum atomic E-state index is 3.00. The Hall–Kier alpha value is 1.45. The smallest absolute Gasteiger partial charge is 0.726 e. The normalized spacial score (nSPS) is 5.50. The minimum atomic E-state index is 0. The first-order valence-electron chi connectivity index (χ1n) is 0.239. The van der Waals surface area contributed by atoms with Crippen molar-refractivity contribution in [3.05, 3.63) is 7.43 Å². The van der Waals surface area contributed by atoms with Gasteiger partial charge in [-0.2, -0.15) is 0 Å². The molecule has 0 nitrogen and oxygen atoms in total. The van der Waals surface area contributed by atoms with E-state index in [0.717, 1.165) is 0 Å². The minimum Gasteiger partial charge on any atom is -0.726 e. The molecule has 29 valence electrons. The summed E-state index contributed by atoms with van der Waals surface area (Å²) < 4.78 is 0. The van der Waals surface area contributed by atoms with Crippen LogP contribution in [0.25, 0.3) is 0 Å². The Morgan fingerprint density at radius 2 is 1.25 bits per heavy atom. The molecular weight excluding hydrogens is 231 g/mol. The van der Waals surface area contributed by atoms with E-state index >= 15 is 0 Å². The fraction of sp³-hybridized carbons (Fsp3) is 0. The van der Waals surface area contributed by atoms with Gasteiger partial charge in [-0.3, -0.25) is 0 Å². The van der Waals surface area contributed by atoms with Gasteiger partial charge < -0.3 is 7.43 Å². The largest absolute Gasteiger partial charge is 0.726 e. The van der Waals surface area contributed by atoms with Crippen molar-refractivity contribution in [1.29, 1.82) is 0 Å². The first kappa shape index (κ1) is 9.07. The zero-order valence-electron chi connectivity index (χ0n) is 1.65. The molecule has 0 atom stereocenters. The van der Waals surface area contributed by atoms with Gasteiger partial charge in [-0.15, -0.1) is 0 Å². The minimum absolute atomic E-state index is 0. The molecule has 0 fully saturated rings. The van der Waals surface area contributed by atoms with Gasteiger partial charge in [0.1, 0.15) is 0 Å². The van der Waals surface area contributed by atoms with Gasteiger partial charge in [0.2, 0.25) is 0 Å². The van der Waals surface area contributed by atoms with Crippen molar-refractivity contribution >= 4 is 28.5 Å². The van der Waals surface area contributed by atoms with Gasteiger partial charge in [0.25, 0.3) is 0 Å². The van der Waals surface area contributed by atoms with E-state index in [1.54, 1.807) is 0 Å². The first-order chi connectivity index (χ1) is 1.41. The molecule has 0 saturated carbocycles. The summed E-state index contributed by atoms with van der Waals surface area (Å²) in [6.45, 7) is 0. The molecule has 4 heavy (non-hydrogen) atoms. The molecular formula is CHBr2Ni. The Bertz CT molecular complexity index is 6.00. The number of rotatable bonds is 0. The van der Waals surface area contributed by atoms with E-state index in [4.69, 9.17) is 0 Å².